The molecule has 282 valence electrons. The molecule has 4 aliphatic heterocycles. The molecule has 0 bridgehead atoms. The summed E-state index contributed by atoms with van der Waals surface area (Å²) in [5, 5.41) is 0.225. The fraction of sp³-hybridized carbons (Fsp3) is 0.575. The molecule has 12 nitrogen and oxygen atoms in total. The number of carbonyl (C=O) groups is 3. The second-order valence-corrected chi connectivity index (χ2v) is 18.9. The van der Waals surface area contributed by atoms with E-state index in [2.05, 4.69) is 27.5 Å². The Labute approximate surface area is 310 Å². The van der Waals surface area contributed by atoms with Crippen molar-refractivity contribution in [1.29, 1.82) is 0 Å². The van der Waals surface area contributed by atoms with Crippen LogP contribution >= 0.6 is 0 Å². The summed E-state index contributed by atoms with van der Waals surface area (Å²) in [6.07, 6.45) is 10.0. The quantitative estimate of drug-likeness (QED) is 0.448. The van der Waals surface area contributed by atoms with Crippen LogP contribution in [0.15, 0.2) is 52.6 Å². The number of allylic oxidation sites excluding steroid dienone is 4. The van der Waals surface area contributed by atoms with Crippen LogP contribution in [-0.2, 0) is 35.6 Å². The molecule has 3 aliphatic carbocycles. The van der Waals surface area contributed by atoms with Gasteiger partial charge in [-0.05, 0) is 73.4 Å². The van der Waals surface area contributed by atoms with Gasteiger partial charge in [0.15, 0.2) is 0 Å². The molecule has 1 aromatic heterocycles. The molecule has 1 N–H and O–H groups in total. The summed E-state index contributed by atoms with van der Waals surface area (Å²) in [4.78, 5) is 45.2. The molecule has 0 spiro atoms. The maximum Gasteiger partial charge on any atom is 0.409 e. The van der Waals surface area contributed by atoms with Gasteiger partial charge in [0.05, 0.1) is 49.7 Å². The van der Waals surface area contributed by atoms with Crippen molar-refractivity contribution in [3.63, 3.8) is 0 Å². The van der Waals surface area contributed by atoms with E-state index in [9.17, 15) is 18.0 Å². The molecule has 4 fully saturated rings. The van der Waals surface area contributed by atoms with Gasteiger partial charge in [0.2, 0.25) is 15.9 Å². The van der Waals surface area contributed by atoms with Crippen LogP contribution in [0.5, 0.6) is 5.75 Å². The van der Waals surface area contributed by atoms with Crippen LogP contribution in [0.25, 0.3) is 10.9 Å². The molecule has 53 heavy (non-hydrogen) atoms. The van der Waals surface area contributed by atoms with Crippen molar-refractivity contribution in [2.45, 2.75) is 76.0 Å². The smallest absolute Gasteiger partial charge is 0.409 e. The summed E-state index contributed by atoms with van der Waals surface area (Å²) < 4.78 is 47.5. The number of benzene rings is 1. The number of ether oxygens (including phenoxy) is 3. The van der Waals surface area contributed by atoms with Crippen LogP contribution in [0.3, 0.4) is 0 Å². The molecule has 3 amide bonds. The molecule has 1 aromatic carbocycles. The van der Waals surface area contributed by atoms with Crippen molar-refractivity contribution in [3.05, 3.63) is 63.9 Å². The van der Waals surface area contributed by atoms with E-state index in [4.69, 9.17) is 14.2 Å². The minimum Gasteiger partial charge on any atom is -0.496 e. The Morgan fingerprint density at radius 2 is 1.68 bits per heavy atom. The molecule has 4 atom stereocenters. The second-order valence-electron chi connectivity index (χ2n) is 16.6. The molecule has 13 heteroatoms. The third-order valence-corrected chi connectivity index (χ3v) is 15.2. The summed E-state index contributed by atoms with van der Waals surface area (Å²) in [6.45, 7) is 6.41. The van der Waals surface area contributed by atoms with E-state index in [1.165, 1.54) is 31.9 Å². The Kier molecular flexibility index (Phi) is 7.98. The van der Waals surface area contributed by atoms with E-state index in [0.717, 1.165) is 51.9 Å². The lowest BCUT2D eigenvalue weighted by Gasteiger charge is -2.35. The van der Waals surface area contributed by atoms with Gasteiger partial charge < -0.3 is 28.6 Å². The number of amides is 3. The number of sulfonamides is 1. The van der Waals surface area contributed by atoms with Crippen LogP contribution in [0.4, 0.5) is 4.79 Å². The zero-order valence-electron chi connectivity index (χ0n) is 30.9. The number of hydrogen-bond donors (Lipinski definition) is 1. The van der Waals surface area contributed by atoms with Crippen LogP contribution in [0.1, 0.15) is 75.5 Å². The van der Waals surface area contributed by atoms with Crippen molar-refractivity contribution in [2.24, 2.45) is 16.7 Å². The molecule has 2 aromatic rings. The van der Waals surface area contributed by atoms with Gasteiger partial charge in [-0.1, -0.05) is 37.5 Å². The predicted octanol–water partition coefficient (Wildman–Crippen LogP) is 4.76. The Hall–Kier alpha value is -4.10. The van der Waals surface area contributed by atoms with Crippen molar-refractivity contribution in [1.82, 2.24) is 19.1 Å². The third kappa shape index (κ3) is 5.08. The molecule has 5 heterocycles. The normalized spacial score (nSPS) is 29.2. The van der Waals surface area contributed by atoms with Gasteiger partial charge in [-0.3, -0.25) is 9.59 Å². The maximum absolute atomic E-state index is 15.1. The second kappa shape index (κ2) is 12.2. The highest BCUT2D eigenvalue weighted by atomic mass is 32.2. The van der Waals surface area contributed by atoms with Gasteiger partial charge in [0.25, 0.3) is 5.91 Å². The zero-order chi connectivity index (χ0) is 37.0. The average Bonchev–Trinajstić information content (AvgIpc) is 3.30. The molecular weight excluding hydrogens is 697 g/mol. The minimum absolute atomic E-state index is 0.0471. The summed E-state index contributed by atoms with van der Waals surface area (Å²) in [5.41, 5.74) is 5.50. The fourth-order valence-electron chi connectivity index (χ4n) is 10.7. The Bertz CT molecular complexity index is 2140. The third-order valence-electron chi connectivity index (χ3n) is 13.5. The first-order chi connectivity index (χ1) is 25.4. The van der Waals surface area contributed by atoms with E-state index in [1.54, 1.807) is 25.9 Å². The van der Waals surface area contributed by atoms with Gasteiger partial charge in [-0.25, -0.2) is 17.9 Å². The standard InChI is InChI=1S/C40H48N4O8S/c1-23(2)53(48,49)41-36(45)34-29-16-44-30(15-28-31(50-3)14-13-25(35(28)44)24-9-6-5-7-10-24)32-26(33(29)34)11-8-12-27(32)37(46)42-17-39-19-43(38(47)51-4)20-40(39,18-42)22-52-21-39/h8,11,13-15,23-24,27,32H,5-7,9-10,12,16-22H2,1-4H3,(H,41,45)/t27-,32-,39?,40?/m1/s1. The van der Waals surface area contributed by atoms with Crippen molar-refractivity contribution in [2.75, 3.05) is 53.6 Å². The van der Waals surface area contributed by atoms with E-state index < -0.39 is 27.1 Å². The topological polar surface area (TPSA) is 136 Å². The number of carbonyl (C=O) groups excluding carboxylic acids is 3. The Morgan fingerprint density at radius 1 is 0.981 bits per heavy atom. The molecule has 1 saturated carbocycles. The summed E-state index contributed by atoms with van der Waals surface area (Å²) in [6, 6.07) is 6.45. The van der Waals surface area contributed by atoms with Gasteiger partial charge in [-0.15, -0.1) is 0 Å². The molecule has 7 aliphatic rings. The largest absolute Gasteiger partial charge is 0.496 e. The SMILES string of the molecule is COC(=O)N1CC23COCC2(C1)CN(C(=O)[C@@H]1CC=CC2=C4C(=C4C(=O)NS(=O)(=O)C(C)C)Cn4c(cc5c(OC)ccc(C6CCCCC6)c54)[C@H]21)C3. The summed E-state index contributed by atoms with van der Waals surface area (Å²) in [5.74, 6) is -0.249. The van der Waals surface area contributed by atoms with Gasteiger partial charge in [0, 0.05) is 60.6 Å². The van der Waals surface area contributed by atoms with Crippen LogP contribution in [-0.4, -0.2) is 99.6 Å². The highest BCUT2D eigenvalue weighted by Gasteiger charge is 2.68. The molecular formula is C40H48N4O8S. The van der Waals surface area contributed by atoms with Crippen LogP contribution in [0.2, 0.25) is 0 Å². The Balaban J connectivity index is 1.15. The number of rotatable bonds is 6. The average molecular weight is 745 g/mol. The van der Waals surface area contributed by atoms with Gasteiger partial charge >= 0.3 is 6.09 Å². The lowest BCUT2D eigenvalue weighted by molar-refractivity contribution is -0.136. The zero-order valence-corrected chi connectivity index (χ0v) is 31.7. The summed E-state index contributed by atoms with van der Waals surface area (Å²) in [7, 11) is -0.781. The number of methoxy groups -OCH3 is 2. The number of hydrogen-bond acceptors (Lipinski definition) is 8. The van der Waals surface area contributed by atoms with E-state index >= 15 is 4.79 Å². The maximum atomic E-state index is 15.1. The predicted molar refractivity (Wildman–Crippen MR) is 197 cm³/mol. The molecule has 0 radical (unpaired) electrons. The van der Waals surface area contributed by atoms with Gasteiger partial charge in [-0.2, -0.15) is 0 Å². The Morgan fingerprint density at radius 3 is 2.34 bits per heavy atom. The number of nitrogens with one attached hydrogen (secondary N) is 1. The number of nitrogens with zero attached hydrogens (tertiary/aromatic N) is 3. The number of fused-ring (bicyclic) bond motifs is 6. The van der Waals surface area contributed by atoms with Crippen LogP contribution < -0.4 is 9.46 Å². The van der Waals surface area contributed by atoms with Crippen molar-refractivity contribution >= 4 is 38.8 Å². The van der Waals surface area contributed by atoms with Crippen LogP contribution in [0, 0.1) is 16.7 Å². The number of likely N-dealkylation sites (tertiary alicyclic amines) is 2. The first-order valence-corrected chi connectivity index (χ1v) is 20.6. The first kappa shape index (κ1) is 34.7. The van der Waals surface area contributed by atoms with E-state index in [1.807, 2.05) is 17.1 Å². The minimum atomic E-state index is -3.86. The van der Waals surface area contributed by atoms with Crippen molar-refractivity contribution < 1.29 is 37.0 Å². The lowest BCUT2D eigenvalue weighted by Crippen LogP contribution is -2.44. The highest BCUT2D eigenvalue weighted by Crippen LogP contribution is 2.59. The number of aromatic nitrogens is 1. The van der Waals surface area contributed by atoms with Crippen molar-refractivity contribution in [3.8, 4) is 5.75 Å². The van der Waals surface area contributed by atoms with E-state index in [0.29, 0.717) is 63.8 Å². The molecule has 2 unspecified atom stereocenters. The molecule has 9 rings (SSSR count). The summed E-state index contributed by atoms with van der Waals surface area (Å²) >= 11 is 0. The van der Waals surface area contributed by atoms with E-state index in [-0.39, 0.29) is 28.7 Å². The molecule has 3 saturated heterocycles. The lowest BCUT2D eigenvalue weighted by atomic mass is 9.71. The first-order valence-electron chi connectivity index (χ1n) is 19.0. The fourth-order valence-corrected chi connectivity index (χ4v) is 11.3. The highest BCUT2D eigenvalue weighted by molar-refractivity contribution is 7.90. The monoisotopic (exact) mass is 744 g/mol. The van der Waals surface area contributed by atoms with Gasteiger partial charge in [0.1, 0.15) is 5.75 Å².